The van der Waals surface area contributed by atoms with Crippen LogP contribution in [0.4, 0.5) is 10.2 Å². The van der Waals surface area contributed by atoms with Gasteiger partial charge in [-0.1, -0.05) is 0 Å². The molecule has 7 heteroatoms. The van der Waals surface area contributed by atoms with Gasteiger partial charge < -0.3 is 10.5 Å². The van der Waals surface area contributed by atoms with E-state index in [4.69, 9.17) is 10.5 Å². The summed E-state index contributed by atoms with van der Waals surface area (Å²) in [6.45, 7) is 1.16. The van der Waals surface area contributed by atoms with E-state index in [-0.39, 0.29) is 17.8 Å². The van der Waals surface area contributed by atoms with Gasteiger partial charge in [0.1, 0.15) is 17.6 Å². The lowest BCUT2D eigenvalue weighted by Gasteiger charge is -2.25. The summed E-state index contributed by atoms with van der Waals surface area (Å²) in [4.78, 5) is 20.7. The van der Waals surface area contributed by atoms with Crippen molar-refractivity contribution in [3.8, 4) is 0 Å². The van der Waals surface area contributed by atoms with Gasteiger partial charge in [0.15, 0.2) is 0 Å². The molecule has 2 aliphatic rings. The van der Waals surface area contributed by atoms with Gasteiger partial charge in [-0.25, -0.2) is 14.2 Å². The number of nitrogens with zero attached hydrogens (tertiary/aromatic N) is 3. The molecule has 0 spiro atoms. The second-order valence-corrected chi connectivity index (χ2v) is 5.99. The molecule has 1 saturated carbocycles. The molecule has 0 bridgehead atoms. The minimum Gasteiger partial charge on any atom is -0.383 e. The van der Waals surface area contributed by atoms with Gasteiger partial charge in [-0.3, -0.25) is 4.57 Å². The summed E-state index contributed by atoms with van der Waals surface area (Å²) < 4.78 is 20.3. The van der Waals surface area contributed by atoms with Gasteiger partial charge in [0, 0.05) is 18.2 Å². The molecule has 6 nitrogen and oxygen atoms in total. The molecule has 0 amide bonds. The van der Waals surface area contributed by atoms with Crippen LogP contribution in [-0.4, -0.2) is 33.9 Å². The predicted molar refractivity (Wildman–Crippen MR) is 79.6 cm³/mol. The lowest BCUT2D eigenvalue weighted by Crippen LogP contribution is -2.33. The monoisotopic (exact) mass is 304 g/mol. The second kappa shape index (κ2) is 5.01. The number of fused-ring (bicyclic) bond motifs is 1. The summed E-state index contributed by atoms with van der Waals surface area (Å²) in [6.07, 6.45) is 1.39. The van der Waals surface area contributed by atoms with E-state index < -0.39 is 11.9 Å². The summed E-state index contributed by atoms with van der Waals surface area (Å²) in [6, 6.07) is 3.46. The van der Waals surface area contributed by atoms with Crippen molar-refractivity contribution < 1.29 is 9.13 Å². The maximum absolute atomic E-state index is 13.3. The average Bonchev–Trinajstić information content (AvgIpc) is 3.25. The molecular formula is C15H17FN4O2. The van der Waals surface area contributed by atoms with Crippen LogP contribution in [0.3, 0.4) is 0 Å². The maximum Gasteiger partial charge on any atom is 0.351 e. The molecule has 2 unspecified atom stereocenters. The molecule has 3 atom stereocenters. The Labute approximate surface area is 126 Å². The smallest absolute Gasteiger partial charge is 0.351 e. The van der Waals surface area contributed by atoms with Crippen LogP contribution in [0.15, 0.2) is 16.9 Å². The van der Waals surface area contributed by atoms with E-state index >= 15 is 0 Å². The van der Waals surface area contributed by atoms with Gasteiger partial charge in [0.25, 0.3) is 0 Å². The fourth-order valence-corrected chi connectivity index (χ4v) is 3.09. The first-order valence-electron chi connectivity index (χ1n) is 7.55. The fraction of sp³-hybridized carbons (Fsp3) is 0.533. The molecule has 22 heavy (non-hydrogen) atoms. The summed E-state index contributed by atoms with van der Waals surface area (Å²) in [5.74, 6) is 0.00423. The summed E-state index contributed by atoms with van der Waals surface area (Å²) in [7, 11) is 0. The Morgan fingerprint density at radius 3 is 2.86 bits per heavy atom. The molecule has 2 aromatic rings. The van der Waals surface area contributed by atoms with E-state index in [1.54, 1.807) is 16.7 Å². The lowest BCUT2D eigenvalue weighted by atomic mass is 10.1. The lowest BCUT2D eigenvalue weighted by molar-refractivity contribution is 0.0589. The van der Waals surface area contributed by atoms with Crippen molar-refractivity contribution in [3.63, 3.8) is 0 Å². The third-order valence-electron chi connectivity index (χ3n) is 4.42. The second-order valence-electron chi connectivity index (χ2n) is 5.99. The normalized spacial score (nSPS) is 28.0. The molecule has 2 aromatic heterocycles. The summed E-state index contributed by atoms with van der Waals surface area (Å²) >= 11 is 0. The Bertz CT molecular complexity index is 785. The van der Waals surface area contributed by atoms with Crippen molar-refractivity contribution >= 4 is 16.9 Å². The number of aromatic nitrogens is 3. The number of pyridine rings is 1. The molecule has 1 saturated heterocycles. The first-order chi connectivity index (χ1) is 10.6. The Morgan fingerprint density at radius 2 is 2.18 bits per heavy atom. The number of alkyl halides is 1. The molecule has 4 rings (SSSR count). The summed E-state index contributed by atoms with van der Waals surface area (Å²) in [5.41, 5.74) is 6.60. The minimum absolute atomic E-state index is 0.0972. The SMILES string of the molecule is Nc1nc(=O)n([C@@H]2CCCOC2)c2nc(C3CC3F)ccc12. The molecule has 0 radical (unpaired) electrons. The summed E-state index contributed by atoms with van der Waals surface area (Å²) in [5, 5.41) is 0.630. The van der Waals surface area contributed by atoms with Crippen LogP contribution in [-0.2, 0) is 4.74 Å². The van der Waals surface area contributed by atoms with E-state index in [0.717, 1.165) is 12.8 Å². The van der Waals surface area contributed by atoms with Crippen LogP contribution < -0.4 is 11.4 Å². The first-order valence-corrected chi connectivity index (χ1v) is 7.55. The Hall–Kier alpha value is -2.02. The quantitative estimate of drug-likeness (QED) is 0.910. The van der Waals surface area contributed by atoms with Crippen molar-refractivity contribution in [3.05, 3.63) is 28.3 Å². The Morgan fingerprint density at radius 1 is 1.36 bits per heavy atom. The number of hydrogen-bond donors (Lipinski definition) is 1. The van der Waals surface area contributed by atoms with Crippen LogP contribution in [0.5, 0.6) is 0 Å². The van der Waals surface area contributed by atoms with Gasteiger partial charge >= 0.3 is 5.69 Å². The van der Waals surface area contributed by atoms with Crippen LogP contribution >= 0.6 is 0 Å². The fourth-order valence-electron chi connectivity index (χ4n) is 3.09. The highest BCUT2D eigenvalue weighted by atomic mass is 19.1. The zero-order valence-corrected chi connectivity index (χ0v) is 12.0. The van der Waals surface area contributed by atoms with Gasteiger partial charge in [0.05, 0.1) is 18.0 Å². The molecule has 1 aliphatic carbocycles. The minimum atomic E-state index is -0.831. The first kappa shape index (κ1) is 13.6. The van der Waals surface area contributed by atoms with Gasteiger partial charge in [-0.15, -0.1) is 0 Å². The van der Waals surface area contributed by atoms with Crippen molar-refractivity contribution in [2.24, 2.45) is 0 Å². The van der Waals surface area contributed by atoms with Gasteiger partial charge in [0.2, 0.25) is 0 Å². The zero-order valence-electron chi connectivity index (χ0n) is 12.0. The largest absolute Gasteiger partial charge is 0.383 e. The molecule has 2 fully saturated rings. The van der Waals surface area contributed by atoms with Crippen LogP contribution in [0.2, 0.25) is 0 Å². The van der Waals surface area contributed by atoms with Gasteiger partial charge in [-0.05, 0) is 31.4 Å². The maximum atomic E-state index is 13.3. The standard InChI is InChI=1S/C15H17FN4O2/c16-11-6-10(11)12-4-3-9-13(17)19-15(21)20(14(9)18-12)8-2-1-5-22-7-8/h3-4,8,10-11H,1-2,5-7H2,(H2,17,19,21)/t8-,10?,11?/m1/s1. The number of hydrogen-bond acceptors (Lipinski definition) is 5. The van der Waals surface area contributed by atoms with E-state index in [1.165, 1.54) is 0 Å². The highest BCUT2D eigenvalue weighted by Crippen LogP contribution is 2.43. The van der Waals surface area contributed by atoms with Gasteiger partial charge in [-0.2, -0.15) is 4.98 Å². The number of halogens is 1. The van der Waals surface area contributed by atoms with E-state index in [0.29, 0.717) is 36.4 Å². The zero-order chi connectivity index (χ0) is 15.3. The van der Waals surface area contributed by atoms with Crippen LogP contribution in [0.25, 0.3) is 11.0 Å². The third-order valence-corrected chi connectivity index (χ3v) is 4.42. The number of ether oxygens (including phenoxy) is 1. The number of rotatable bonds is 2. The number of anilines is 1. The number of nitrogens with two attached hydrogens (primary N) is 1. The van der Waals surface area contributed by atoms with Crippen molar-refractivity contribution in [1.82, 2.24) is 14.5 Å². The van der Waals surface area contributed by atoms with E-state index in [9.17, 15) is 9.18 Å². The molecule has 116 valence electrons. The molecule has 3 heterocycles. The molecule has 0 aromatic carbocycles. The van der Waals surface area contributed by atoms with Crippen molar-refractivity contribution in [2.45, 2.75) is 37.4 Å². The van der Waals surface area contributed by atoms with E-state index in [2.05, 4.69) is 9.97 Å². The topological polar surface area (TPSA) is 83.0 Å². The molecule has 2 N–H and O–H groups in total. The van der Waals surface area contributed by atoms with Crippen molar-refractivity contribution in [1.29, 1.82) is 0 Å². The predicted octanol–water partition coefficient (Wildman–Crippen LogP) is 1.55. The highest BCUT2D eigenvalue weighted by Gasteiger charge is 2.40. The Kier molecular flexibility index (Phi) is 3.11. The number of nitrogen functional groups attached to an aromatic ring is 1. The molecular weight excluding hydrogens is 287 g/mol. The molecule has 1 aliphatic heterocycles. The highest BCUT2D eigenvalue weighted by molar-refractivity contribution is 5.85. The Balaban J connectivity index is 1.90. The van der Waals surface area contributed by atoms with Crippen LogP contribution in [0.1, 0.15) is 36.9 Å². The third kappa shape index (κ3) is 2.16. The average molecular weight is 304 g/mol. The van der Waals surface area contributed by atoms with Crippen LogP contribution in [0, 0.1) is 0 Å². The van der Waals surface area contributed by atoms with E-state index in [1.807, 2.05) is 0 Å². The van der Waals surface area contributed by atoms with Crippen molar-refractivity contribution in [2.75, 3.05) is 18.9 Å².